The molecule has 0 radical (unpaired) electrons. The summed E-state index contributed by atoms with van der Waals surface area (Å²) in [6.45, 7) is 4.99. The van der Waals surface area contributed by atoms with E-state index in [1.165, 1.54) is 23.8 Å². The number of nitrogens with zero attached hydrogens (tertiary/aromatic N) is 4. The summed E-state index contributed by atoms with van der Waals surface area (Å²) in [6.07, 6.45) is 5.19. The number of allylic oxidation sites excluding steroid dienone is 2. The number of unbranched alkanes of at least 4 members (excludes halogenated alkanes) is 2. The molecule has 2 aliphatic rings. The second-order valence-corrected chi connectivity index (χ2v) is 15.4. The van der Waals surface area contributed by atoms with E-state index in [-0.39, 0.29) is 22.8 Å². The van der Waals surface area contributed by atoms with Crippen molar-refractivity contribution in [3.8, 4) is 22.5 Å². The molecule has 0 atom stereocenters. The molecule has 7 nitrogen and oxygen atoms in total. The minimum atomic E-state index is -4.40. The van der Waals surface area contributed by atoms with Gasteiger partial charge < -0.3 is 0 Å². The molecule has 0 unspecified atom stereocenters. The molecular weight excluding hydrogens is 691 g/mol. The van der Waals surface area contributed by atoms with Gasteiger partial charge in [-0.15, -0.1) is 0 Å². The molecule has 0 amide bonds. The van der Waals surface area contributed by atoms with Crippen LogP contribution < -0.4 is 0 Å². The van der Waals surface area contributed by atoms with Crippen LogP contribution >= 0.6 is 0 Å². The first-order valence-electron chi connectivity index (χ1n) is 17.7. The van der Waals surface area contributed by atoms with Gasteiger partial charge in [0.05, 0.1) is 29.4 Å². The summed E-state index contributed by atoms with van der Waals surface area (Å²) in [5.41, 5.74) is 11.8. The Bertz CT molecular complexity index is 2550. The highest BCUT2D eigenvalue weighted by Crippen LogP contribution is 2.43. The molecule has 2 heterocycles. The highest BCUT2D eigenvalue weighted by molar-refractivity contribution is 7.85. The highest BCUT2D eigenvalue weighted by Gasteiger charge is 2.31. The summed E-state index contributed by atoms with van der Waals surface area (Å²) in [5.74, 6) is -0.863. The number of aromatic nitrogens is 4. The van der Waals surface area contributed by atoms with Gasteiger partial charge in [0.25, 0.3) is 10.1 Å². The zero-order valence-electron chi connectivity index (χ0n) is 29.5. The number of hydrogen-bond acceptors (Lipinski definition) is 4. The average molecular weight is 729 g/mol. The monoisotopic (exact) mass is 728 g/mol. The lowest BCUT2D eigenvalue weighted by molar-refractivity contribution is 0.483. The summed E-state index contributed by atoms with van der Waals surface area (Å²) in [4.78, 5) is -0.204. The van der Waals surface area contributed by atoms with Crippen LogP contribution in [0.5, 0.6) is 0 Å². The smallest absolute Gasteiger partial charge is 0.282 e. The van der Waals surface area contributed by atoms with Crippen molar-refractivity contribution in [2.45, 2.75) is 63.9 Å². The molecule has 268 valence electrons. The summed E-state index contributed by atoms with van der Waals surface area (Å²) in [6, 6.07) is 28.9. The molecule has 0 bridgehead atoms. The molecule has 0 saturated heterocycles. The van der Waals surface area contributed by atoms with Gasteiger partial charge >= 0.3 is 0 Å². The lowest BCUT2D eigenvalue weighted by Gasteiger charge is -2.09. The van der Waals surface area contributed by atoms with Crippen molar-refractivity contribution in [3.05, 3.63) is 159 Å². The normalized spacial score (nSPS) is 13.6. The van der Waals surface area contributed by atoms with E-state index in [4.69, 9.17) is 10.2 Å². The van der Waals surface area contributed by atoms with Crippen LogP contribution in [0.3, 0.4) is 0 Å². The van der Waals surface area contributed by atoms with Gasteiger partial charge in [0, 0.05) is 35.1 Å². The summed E-state index contributed by atoms with van der Waals surface area (Å²) in [7, 11) is -4.40. The van der Waals surface area contributed by atoms with Crippen LogP contribution in [-0.4, -0.2) is 32.5 Å². The zero-order chi connectivity index (χ0) is 36.9. The molecule has 10 heteroatoms. The number of benzene rings is 4. The van der Waals surface area contributed by atoms with Gasteiger partial charge in [0.2, 0.25) is 0 Å². The lowest BCUT2D eigenvalue weighted by Crippen LogP contribution is -2.05. The van der Waals surface area contributed by atoms with E-state index in [0.29, 0.717) is 55.6 Å². The fourth-order valence-electron chi connectivity index (χ4n) is 7.44. The van der Waals surface area contributed by atoms with E-state index >= 15 is 8.78 Å². The zero-order valence-corrected chi connectivity index (χ0v) is 30.3. The van der Waals surface area contributed by atoms with Crippen LogP contribution in [0.1, 0.15) is 75.2 Å². The Labute approximate surface area is 307 Å². The molecule has 0 saturated carbocycles. The fraction of sp³-hybridized carbons (Fsp3) is 0.209. The Morgan fingerprint density at radius 3 is 1.72 bits per heavy atom. The van der Waals surface area contributed by atoms with E-state index in [1.54, 1.807) is 16.8 Å². The standard InChI is InChI=1S/C43H38F2N4O3S/c1-27-12-16-29(17-13-27)25-48-42-34-9-7-6-8-31(34)23-36(42)40(46-48)38(44)10-4-3-5-11-39(45)41-37-24-32-22-33(53(50,51)52)20-21-35(32)43(37)49(47-41)26-30-18-14-28(2)15-19-30/h6-22H,3-5,23-26H2,1-2H3,(H,50,51,52). The maximum absolute atomic E-state index is 16.0. The highest BCUT2D eigenvalue weighted by atomic mass is 32.2. The van der Waals surface area contributed by atoms with E-state index in [2.05, 4.69) is 36.4 Å². The van der Waals surface area contributed by atoms with Gasteiger partial charge in [-0.2, -0.15) is 18.6 Å². The first-order valence-corrected chi connectivity index (χ1v) is 19.2. The minimum Gasteiger partial charge on any atom is -0.282 e. The Hall–Kier alpha value is -5.45. The van der Waals surface area contributed by atoms with Gasteiger partial charge in [-0.3, -0.25) is 13.9 Å². The Morgan fingerprint density at radius 2 is 1.19 bits per heavy atom. The van der Waals surface area contributed by atoms with E-state index in [9.17, 15) is 13.0 Å². The van der Waals surface area contributed by atoms with Crippen molar-refractivity contribution in [1.29, 1.82) is 0 Å². The topological polar surface area (TPSA) is 90.0 Å². The van der Waals surface area contributed by atoms with Gasteiger partial charge in [-0.1, -0.05) is 90.0 Å². The first kappa shape index (κ1) is 34.6. The largest absolute Gasteiger partial charge is 0.294 e. The van der Waals surface area contributed by atoms with E-state index in [0.717, 1.165) is 50.3 Å². The number of aryl methyl sites for hydroxylation is 2. The van der Waals surface area contributed by atoms with Crippen LogP contribution in [0.25, 0.3) is 34.2 Å². The SMILES string of the molecule is Cc1ccc(Cn2nc(C(F)=CCCCC=C(F)c3nn(Cc4ccc(C)cc4)c4c3Cc3cc(S(=O)(=O)O)ccc3-4)c3c2-c2ccccc2C3)cc1. The number of halogens is 2. The van der Waals surface area contributed by atoms with Crippen molar-refractivity contribution in [1.82, 2.24) is 19.6 Å². The van der Waals surface area contributed by atoms with E-state index in [1.807, 2.05) is 54.9 Å². The Balaban J connectivity index is 1.01. The molecule has 1 N–H and O–H groups in total. The van der Waals surface area contributed by atoms with Gasteiger partial charge in [0.15, 0.2) is 0 Å². The molecular formula is C43H38F2N4O3S. The summed E-state index contributed by atoms with van der Waals surface area (Å²) in [5, 5.41) is 9.46. The third-order valence-corrected chi connectivity index (χ3v) is 11.0. The predicted octanol–water partition coefficient (Wildman–Crippen LogP) is 9.67. The lowest BCUT2D eigenvalue weighted by atomic mass is 10.1. The number of fused-ring (bicyclic) bond motifs is 6. The Morgan fingerprint density at radius 1 is 0.698 bits per heavy atom. The van der Waals surface area contributed by atoms with Gasteiger partial charge in [-0.05, 0) is 79.6 Å². The summed E-state index contributed by atoms with van der Waals surface area (Å²) < 4.78 is 68.9. The third kappa shape index (κ3) is 6.80. The van der Waals surface area contributed by atoms with E-state index < -0.39 is 15.9 Å². The Kier molecular flexibility index (Phi) is 9.04. The van der Waals surface area contributed by atoms with Crippen molar-refractivity contribution >= 4 is 21.8 Å². The molecule has 4 aromatic carbocycles. The van der Waals surface area contributed by atoms with Gasteiger partial charge in [0.1, 0.15) is 23.0 Å². The molecule has 8 rings (SSSR count). The maximum atomic E-state index is 16.0. The second-order valence-electron chi connectivity index (χ2n) is 14.0. The summed E-state index contributed by atoms with van der Waals surface area (Å²) >= 11 is 0. The minimum absolute atomic E-state index is 0.202. The molecule has 2 aliphatic carbocycles. The predicted molar refractivity (Wildman–Crippen MR) is 203 cm³/mol. The first-order chi connectivity index (χ1) is 25.5. The van der Waals surface area contributed by atoms with Crippen molar-refractivity contribution in [2.75, 3.05) is 0 Å². The molecule has 0 fully saturated rings. The average Bonchev–Trinajstić information content (AvgIpc) is 3.89. The van der Waals surface area contributed by atoms with Crippen molar-refractivity contribution in [2.24, 2.45) is 0 Å². The molecule has 53 heavy (non-hydrogen) atoms. The second kappa shape index (κ2) is 13.8. The molecule has 2 aromatic heterocycles. The molecule has 6 aromatic rings. The van der Waals surface area contributed by atoms with Crippen LogP contribution in [0.4, 0.5) is 8.78 Å². The van der Waals surface area contributed by atoms with Crippen LogP contribution in [0, 0.1) is 13.8 Å². The van der Waals surface area contributed by atoms with Crippen LogP contribution in [0.15, 0.2) is 108 Å². The molecule has 0 spiro atoms. The van der Waals surface area contributed by atoms with Crippen LogP contribution in [-0.2, 0) is 36.0 Å². The van der Waals surface area contributed by atoms with Crippen molar-refractivity contribution in [3.63, 3.8) is 0 Å². The fourth-order valence-corrected chi connectivity index (χ4v) is 7.98. The maximum Gasteiger partial charge on any atom is 0.294 e. The van der Waals surface area contributed by atoms with Crippen molar-refractivity contribution < 1.29 is 21.8 Å². The van der Waals surface area contributed by atoms with Crippen LogP contribution in [0.2, 0.25) is 0 Å². The molecule has 0 aliphatic heterocycles. The van der Waals surface area contributed by atoms with Gasteiger partial charge in [-0.25, -0.2) is 8.78 Å². The quantitative estimate of drug-likeness (QED) is 0.106. The third-order valence-electron chi connectivity index (χ3n) is 10.2. The number of rotatable bonds is 11. The number of hydrogen-bond donors (Lipinski definition) is 1.